The summed E-state index contributed by atoms with van der Waals surface area (Å²) in [6.07, 6.45) is 11.2. The predicted octanol–water partition coefficient (Wildman–Crippen LogP) is 5.14. The van der Waals surface area contributed by atoms with Crippen molar-refractivity contribution < 1.29 is 0 Å². The van der Waals surface area contributed by atoms with Gasteiger partial charge in [-0.25, -0.2) is 0 Å². The van der Waals surface area contributed by atoms with E-state index in [1.54, 1.807) is 0 Å². The second kappa shape index (κ2) is 4.45. The van der Waals surface area contributed by atoms with Crippen molar-refractivity contribution >= 4 is 22.9 Å². The van der Waals surface area contributed by atoms with Gasteiger partial charge in [0.1, 0.15) is 0 Å². The summed E-state index contributed by atoms with van der Waals surface area (Å²) in [5, 5.41) is 2.81. The van der Waals surface area contributed by atoms with Gasteiger partial charge >= 0.3 is 0 Å². The molecule has 0 aliphatic heterocycles. The first-order chi connectivity index (χ1) is 8.83. The molecule has 0 amide bonds. The van der Waals surface area contributed by atoms with E-state index in [0.717, 1.165) is 12.8 Å². The molecule has 0 nitrogen and oxygen atoms in total. The van der Waals surface area contributed by atoms with E-state index in [1.807, 2.05) is 0 Å². The van der Waals surface area contributed by atoms with Crippen molar-refractivity contribution in [2.75, 3.05) is 0 Å². The van der Waals surface area contributed by atoms with Gasteiger partial charge in [-0.3, -0.25) is 0 Å². The minimum atomic E-state index is 1.04. The molecular weight excluding hydrogens is 216 g/mol. The smallest absolute Gasteiger partial charge is 0.0143 e. The highest BCUT2D eigenvalue weighted by Gasteiger charge is 2.13. The van der Waals surface area contributed by atoms with Gasteiger partial charge in [0.05, 0.1) is 0 Å². The first kappa shape index (κ1) is 11.3. The summed E-state index contributed by atoms with van der Waals surface area (Å²) in [7, 11) is 0. The summed E-state index contributed by atoms with van der Waals surface area (Å²) in [5.41, 5.74) is 5.70. The molecular formula is C18H18. The Morgan fingerprint density at radius 3 is 2.33 bits per heavy atom. The summed E-state index contributed by atoms with van der Waals surface area (Å²) in [6, 6.07) is 8.78. The van der Waals surface area contributed by atoms with Gasteiger partial charge in [-0.15, -0.1) is 0 Å². The van der Waals surface area contributed by atoms with Gasteiger partial charge < -0.3 is 0 Å². The van der Waals surface area contributed by atoms with Crippen LogP contribution in [0.25, 0.3) is 22.9 Å². The van der Waals surface area contributed by atoms with Crippen molar-refractivity contribution in [3.05, 3.63) is 58.7 Å². The molecule has 0 radical (unpaired) electrons. The fourth-order valence-electron chi connectivity index (χ4n) is 2.96. The zero-order chi connectivity index (χ0) is 12.5. The Morgan fingerprint density at radius 1 is 0.944 bits per heavy atom. The van der Waals surface area contributed by atoms with Gasteiger partial charge in [0, 0.05) is 0 Å². The molecule has 0 N–H and O–H groups in total. The number of hydrogen-bond acceptors (Lipinski definition) is 0. The molecule has 0 heterocycles. The monoisotopic (exact) mass is 234 g/mol. The molecule has 18 heavy (non-hydrogen) atoms. The lowest BCUT2D eigenvalue weighted by Crippen LogP contribution is -1.96. The molecule has 0 heteroatoms. The van der Waals surface area contributed by atoms with E-state index in [4.69, 9.17) is 0 Å². The molecule has 0 unspecified atom stereocenters. The van der Waals surface area contributed by atoms with Gasteiger partial charge in [0.25, 0.3) is 0 Å². The lowest BCUT2D eigenvalue weighted by molar-refractivity contribution is 1.15. The van der Waals surface area contributed by atoms with Gasteiger partial charge in [-0.2, -0.15) is 0 Å². The van der Waals surface area contributed by atoms with E-state index in [9.17, 15) is 0 Å². The topological polar surface area (TPSA) is 0 Å². The van der Waals surface area contributed by atoms with Gasteiger partial charge in [-0.1, -0.05) is 55.5 Å². The Balaban J connectivity index is 2.50. The first-order valence-corrected chi connectivity index (χ1v) is 6.70. The van der Waals surface area contributed by atoms with Gasteiger partial charge in [-0.05, 0) is 52.8 Å². The van der Waals surface area contributed by atoms with Crippen LogP contribution in [-0.2, 0) is 6.42 Å². The number of fused-ring (bicyclic) bond motifs is 2. The molecule has 0 fully saturated rings. The summed E-state index contributed by atoms with van der Waals surface area (Å²) in [6.45, 7) is 4.49. The largest absolute Gasteiger partial charge is 0.0801 e. The lowest BCUT2D eigenvalue weighted by atomic mass is 9.88. The third-order valence-electron chi connectivity index (χ3n) is 3.87. The normalized spacial score (nSPS) is 13.7. The number of allylic oxidation sites excluding steroid dienone is 2. The maximum Gasteiger partial charge on any atom is -0.0143 e. The van der Waals surface area contributed by atoms with Crippen LogP contribution in [0.5, 0.6) is 0 Å². The Bertz CT molecular complexity index is 657. The molecule has 0 atom stereocenters. The van der Waals surface area contributed by atoms with Crippen molar-refractivity contribution in [1.29, 1.82) is 0 Å². The molecule has 0 aromatic heterocycles. The Morgan fingerprint density at radius 2 is 1.61 bits per heavy atom. The Hall–Kier alpha value is -1.82. The van der Waals surface area contributed by atoms with Crippen LogP contribution in [0.2, 0.25) is 0 Å². The Labute approximate surface area is 109 Å². The first-order valence-electron chi connectivity index (χ1n) is 6.70. The molecule has 1 aliphatic rings. The molecule has 1 aliphatic carbocycles. The second-order valence-electron chi connectivity index (χ2n) is 4.87. The summed E-state index contributed by atoms with van der Waals surface area (Å²) in [5.74, 6) is 0. The van der Waals surface area contributed by atoms with E-state index >= 15 is 0 Å². The highest BCUT2D eigenvalue weighted by atomic mass is 14.2. The second-order valence-corrected chi connectivity index (χ2v) is 4.87. The molecule has 0 spiro atoms. The van der Waals surface area contributed by atoms with Crippen LogP contribution in [0, 0.1) is 6.92 Å². The van der Waals surface area contributed by atoms with E-state index < -0.39 is 0 Å². The lowest BCUT2D eigenvalue weighted by Gasteiger charge is -2.16. The Kier molecular flexibility index (Phi) is 2.79. The molecule has 0 bridgehead atoms. The molecule has 3 rings (SSSR count). The fourth-order valence-corrected chi connectivity index (χ4v) is 2.96. The third-order valence-corrected chi connectivity index (χ3v) is 3.87. The maximum absolute atomic E-state index is 2.30. The van der Waals surface area contributed by atoms with Crippen LogP contribution in [0.15, 0.2) is 36.4 Å². The van der Waals surface area contributed by atoms with Gasteiger partial charge in [0.2, 0.25) is 0 Å². The van der Waals surface area contributed by atoms with E-state index in [0.29, 0.717) is 0 Å². The average Bonchev–Trinajstić information content (AvgIpc) is 2.65. The van der Waals surface area contributed by atoms with E-state index in [2.05, 4.69) is 62.4 Å². The number of hydrogen-bond donors (Lipinski definition) is 0. The third kappa shape index (κ3) is 1.60. The standard InChI is InChI=1S/C18H18/c1-3-14-17-11-6-4-5-9-15(17)13(2)16-10-7-8-12-18(14)16/h5-12H,3-4H2,1-2H3. The van der Waals surface area contributed by atoms with E-state index in [1.165, 1.54) is 33.0 Å². The number of aryl methyl sites for hydroxylation is 2. The van der Waals surface area contributed by atoms with Crippen LogP contribution in [0.3, 0.4) is 0 Å². The summed E-state index contributed by atoms with van der Waals surface area (Å²) in [4.78, 5) is 0. The number of rotatable bonds is 1. The van der Waals surface area contributed by atoms with Gasteiger partial charge in [0.15, 0.2) is 0 Å². The van der Waals surface area contributed by atoms with Crippen molar-refractivity contribution in [1.82, 2.24) is 0 Å². The molecule has 2 aromatic carbocycles. The fraction of sp³-hybridized carbons (Fsp3) is 0.222. The van der Waals surface area contributed by atoms with Crippen LogP contribution >= 0.6 is 0 Å². The van der Waals surface area contributed by atoms with Crippen LogP contribution < -0.4 is 0 Å². The molecule has 0 saturated carbocycles. The quantitative estimate of drug-likeness (QED) is 0.641. The van der Waals surface area contributed by atoms with Crippen LogP contribution in [0.1, 0.15) is 35.6 Å². The van der Waals surface area contributed by atoms with Crippen molar-refractivity contribution in [2.45, 2.75) is 26.7 Å². The highest BCUT2D eigenvalue weighted by Crippen LogP contribution is 2.33. The number of benzene rings is 2. The summed E-state index contributed by atoms with van der Waals surface area (Å²) >= 11 is 0. The average molecular weight is 234 g/mol. The van der Waals surface area contributed by atoms with Crippen LogP contribution in [0.4, 0.5) is 0 Å². The molecule has 90 valence electrons. The maximum atomic E-state index is 2.30. The van der Waals surface area contributed by atoms with Crippen molar-refractivity contribution in [2.24, 2.45) is 0 Å². The zero-order valence-corrected chi connectivity index (χ0v) is 11.0. The van der Waals surface area contributed by atoms with Crippen molar-refractivity contribution in [3.8, 4) is 0 Å². The van der Waals surface area contributed by atoms with Crippen molar-refractivity contribution in [3.63, 3.8) is 0 Å². The minimum absolute atomic E-state index is 1.04. The molecule has 0 saturated heterocycles. The predicted molar refractivity (Wildman–Crippen MR) is 80.7 cm³/mol. The highest BCUT2D eigenvalue weighted by molar-refractivity contribution is 5.95. The van der Waals surface area contributed by atoms with Crippen LogP contribution in [-0.4, -0.2) is 0 Å². The minimum Gasteiger partial charge on any atom is -0.0801 e. The van der Waals surface area contributed by atoms with E-state index in [-0.39, 0.29) is 0 Å². The SMILES string of the molecule is CCc1c2c(c(C)c3ccccc13)C=CCC=C2. The summed E-state index contributed by atoms with van der Waals surface area (Å²) < 4.78 is 0. The zero-order valence-electron chi connectivity index (χ0n) is 11.0. The molecule has 2 aromatic rings.